The molecule has 2 heterocycles. The molecule has 1 N–H and O–H groups in total. The second-order valence-electron chi connectivity index (χ2n) is 5.90. The van der Waals surface area contributed by atoms with E-state index in [2.05, 4.69) is 15.5 Å². The number of benzene rings is 1. The quantitative estimate of drug-likeness (QED) is 0.579. The number of hydrogen-bond acceptors (Lipinski definition) is 4. The average Bonchev–Trinajstić information content (AvgIpc) is 3.25. The van der Waals surface area contributed by atoms with Crippen molar-refractivity contribution < 1.29 is 9.53 Å². The molecule has 0 aliphatic heterocycles. The Hall–Kier alpha value is -2.51. The number of rotatable bonds is 8. The number of halogens is 2. The van der Waals surface area contributed by atoms with E-state index < -0.39 is 0 Å². The summed E-state index contributed by atoms with van der Waals surface area (Å²) < 4.78 is 8.91. The summed E-state index contributed by atoms with van der Waals surface area (Å²) in [5.74, 6) is 0.449. The van der Waals surface area contributed by atoms with Gasteiger partial charge in [0.15, 0.2) is 6.73 Å². The van der Waals surface area contributed by atoms with Crippen LogP contribution in [0, 0.1) is 6.92 Å². The van der Waals surface area contributed by atoms with Crippen LogP contribution in [0.25, 0.3) is 0 Å². The van der Waals surface area contributed by atoms with Gasteiger partial charge >= 0.3 is 0 Å². The van der Waals surface area contributed by atoms with Crippen LogP contribution in [0.5, 0.6) is 5.75 Å². The zero-order valence-electron chi connectivity index (χ0n) is 14.7. The van der Waals surface area contributed by atoms with Gasteiger partial charge in [0.25, 0.3) is 5.91 Å². The van der Waals surface area contributed by atoms with Crippen molar-refractivity contribution in [1.82, 2.24) is 24.9 Å². The largest absolute Gasteiger partial charge is 0.471 e. The lowest BCUT2D eigenvalue weighted by Crippen LogP contribution is -2.26. The predicted molar refractivity (Wildman–Crippen MR) is 103 cm³/mol. The fourth-order valence-corrected chi connectivity index (χ4v) is 2.64. The highest BCUT2D eigenvalue weighted by Crippen LogP contribution is 2.16. The summed E-state index contributed by atoms with van der Waals surface area (Å²) in [6.07, 6.45) is 4.21. The number of ether oxygens (including phenoxy) is 1. The molecular formula is C18H19Cl2N5O2. The minimum absolute atomic E-state index is 0.203. The van der Waals surface area contributed by atoms with E-state index in [9.17, 15) is 4.79 Å². The molecule has 0 spiro atoms. The average molecular weight is 408 g/mol. The topological polar surface area (TPSA) is 74.0 Å². The fourth-order valence-electron chi connectivity index (χ4n) is 2.37. The van der Waals surface area contributed by atoms with Crippen LogP contribution >= 0.6 is 23.2 Å². The van der Waals surface area contributed by atoms with E-state index in [0.717, 1.165) is 12.1 Å². The SMILES string of the molecule is Cc1nn(CCCNC(=O)c2ccn(COc3ccc(Cl)cc3)n2)cc1Cl. The smallest absolute Gasteiger partial charge is 0.271 e. The highest BCUT2D eigenvalue weighted by atomic mass is 35.5. The molecule has 3 aromatic rings. The molecule has 3 rings (SSSR count). The molecule has 0 saturated heterocycles. The molecule has 0 fully saturated rings. The zero-order chi connectivity index (χ0) is 19.2. The van der Waals surface area contributed by atoms with Crippen molar-refractivity contribution in [1.29, 1.82) is 0 Å². The van der Waals surface area contributed by atoms with Gasteiger partial charge in [0.2, 0.25) is 0 Å². The Morgan fingerprint density at radius 3 is 2.63 bits per heavy atom. The standard InChI is InChI=1S/C18H19Cl2N5O2/c1-13-16(20)11-24(22-13)9-2-8-21-18(26)17-7-10-25(23-17)12-27-15-5-3-14(19)4-6-15/h3-7,10-11H,2,8-9,12H2,1H3,(H,21,26). The van der Waals surface area contributed by atoms with E-state index in [0.29, 0.717) is 34.6 Å². The molecule has 27 heavy (non-hydrogen) atoms. The van der Waals surface area contributed by atoms with Crippen molar-refractivity contribution in [3.8, 4) is 5.75 Å². The highest BCUT2D eigenvalue weighted by Gasteiger charge is 2.09. The summed E-state index contributed by atoms with van der Waals surface area (Å²) in [4.78, 5) is 12.2. The van der Waals surface area contributed by atoms with Crippen LogP contribution in [-0.4, -0.2) is 32.0 Å². The first kappa shape index (κ1) is 19.3. The summed E-state index contributed by atoms with van der Waals surface area (Å²) in [6, 6.07) is 8.69. The van der Waals surface area contributed by atoms with E-state index in [1.165, 1.54) is 0 Å². The van der Waals surface area contributed by atoms with Gasteiger partial charge in [-0.1, -0.05) is 23.2 Å². The van der Waals surface area contributed by atoms with Crippen molar-refractivity contribution in [2.45, 2.75) is 26.6 Å². The number of aromatic nitrogens is 4. The summed E-state index contributed by atoms with van der Waals surface area (Å²) in [7, 11) is 0. The third-order valence-electron chi connectivity index (χ3n) is 3.79. The number of amides is 1. The maximum atomic E-state index is 12.2. The fraction of sp³-hybridized carbons (Fsp3) is 0.278. The van der Waals surface area contributed by atoms with Crippen LogP contribution < -0.4 is 10.1 Å². The third kappa shape index (κ3) is 5.48. The minimum Gasteiger partial charge on any atom is -0.471 e. The first-order valence-corrected chi connectivity index (χ1v) is 9.16. The van der Waals surface area contributed by atoms with Crippen LogP contribution in [0.2, 0.25) is 10.0 Å². The van der Waals surface area contributed by atoms with Gasteiger partial charge in [0.05, 0.1) is 10.7 Å². The van der Waals surface area contributed by atoms with Crippen molar-refractivity contribution in [3.63, 3.8) is 0 Å². The second-order valence-corrected chi connectivity index (χ2v) is 6.75. The Morgan fingerprint density at radius 1 is 1.15 bits per heavy atom. The summed E-state index contributed by atoms with van der Waals surface area (Å²) in [5, 5.41) is 12.6. The predicted octanol–water partition coefficient (Wildman–Crippen LogP) is 3.55. The zero-order valence-corrected chi connectivity index (χ0v) is 16.2. The van der Waals surface area contributed by atoms with Crippen LogP contribution in [0.4, 0.5) is 0 Å². The number of nitrogens with one attached hydrogen (secondary N) is 1. The van der Waals surface area contributed by atoms with Crippen molar-refractivity contribution in [2.24, 2.45) is 0 Å². The highest BCUT2D eigenvalue weighted by molar-refractivity contribution is 6.31. The monoisotopic (exact) mass is 407 g/mol. The van der Waals surface area contributed by atoms with Gasteiger partial charge in [-0.3, -0.25) is 9.48 Å². The minimum atomic E-state index is -0.227. The molecule has 142 valence electrons. The summed E-state index contributed by atoms with van der Waals surface area (Å²) in [5.41, 5.74) is 1.14. The van der Waals surface area contributed by atoms with Crippen molar-refractivity contribution >= 4 is 29.1 Å². The number of aryl methyl sites for hydroxylation is 2. The van der Waals surface area contributed by atoms with E-state index in [-0.39, 0.29) is 12.6 Å². The number of nitrogens with zero attached hydrogens (tertiary/aromatic N) is 4. The van der Waals surface area contributed by atoms with Gasteiger partial charge < -0.3 is 10.1 Å². The summed E-state index contributed by atoms with van der Waals surface area (Å²) >= 11 is 11.8. The van der Waals surface area contributed by atoms with Gasteiger partial charge in [0, 0.05) is 30.5 Å². The van der Waals surface area contributed by atoms with Crippen LogP contribution in [0.1, 0.15) is 22.6 Å². The van der Waals surface area contributed by atoms with Crippen molar-refractivity contribution in [2.75, 3.05) is 6.54 Å². The lowest BCUT2D eigenvalue weighted by Gasteiger charge is -2.06. The lowest BCUT2D eigenvalue weighted by atomic mass is 10.3. The summed E-state index contributed by atoms with van der Waals surface area (Å²) in [6.45, 7) is 3.25. The van der Waals surface area contributed by atoms with E-state index in [4.69, 9.17) is 27.9 Å². The normalized spacial score (nSPS) is 10.8. The molecule has 1 amide bonds. The molecule has 0 atom stereocenters. The van der Waals surface area contributed by atoms with Gasteiger partial charge in [-0.25, -0.2) is 4.68 Å². The van der Waals surface area contributed by atoms with Crippen LogP contribution in [-0.2, 0) is 13.3 Å². The molecule has 0 aliphatic rings. The Kier molecular flexibility index (Phi) is 6.36. The molecule has 1 aromatic carbocycles. The molecule has 0 saturated carbocycles. The van der Waals surface area contributed by atoms with Gasteiger partial charge in [-0.15, -0.1) is 0 Å². The molecular weight excluding hydrogens is 389 g/mol. The molecule has 0 unspecified atom stereocenters. The second kappa shape index (κ2) is 8.92. The number of carbonyl (C=O) groups excluding carboxylic acids is 1. The molecule has 0 aliphatic carbocycles. The first-order valence-electron chi connectivity index (χ1n) is 8.41. The molecule has 7 nitrogen and oxygen atoms in total. The lowest BCUT2D eigenvalue weighted by molar-refractivity contribution is 0.0945. The number of carbonyl (C=O) groups is 1. The van der Waals surface area contributed by atoms with Crippen LogP contribution in [0.15, 0.2) is 42.7 Å². The Morgan fingerprint density at radius 2 is 1.93 bits per heavy atom. The Labute approximate surface area is 166 Å². The Balaban J connectivity index is 1.41. The van der Waals surface area contributed by atoms with Crippen molar-refractivity contribution in [3.05, 3.63) is 64.2 Å². The molecule has 0 bridgehead atoms. The van der Waals surface area contributed by atoms with Crippen LogP contribution in [0.3, 0.4) is 0 Å². The molecule has 2 aromatic heterocycles. The molecule has 9 heteroatoms. The maximum Gasteiger partial charge on any atom is 0.271 e. The van der Waals surface area contributed by atoms with Gasteiger partial charge in [-0.05, 0) is 43.7 Å². The van der Waals surface area contributed by atoms with E-state index >= 15 is 0 Å². The van der Waals surface area contributed by atoms with E-state index in [1.807, 2.05) is 6.92 Å². The first-order chi connectivity index (χ1) is 13.0. The third-order valence-corrected chi connectivity index (χ3v) is 4.41. The maximum absolute atomic E-state index is 12.2. The van der Waals surface area contributed by atoms with Gasteiger partial charge in [0.1, 0.15) is 11.4 Å². The van der Waals surface area contributed by atoms with E-state index in [1.54, 1.807) is 52.1 Å². The molecule has 0 radical (unpaired) electrons. The van der Waals surface area contributed by atoms with Gasteiger partial charge in [-0.2, -0.15) is 10.2 Å². The number of hydrogen-bond donors (Lipinski definition) is 1. The Bertz CT molecular complexity index is 885.